The molecule has 0 aromatic heterocycles. The first kappa shape index (κ1) is 29.7. The van der Waals surface area contributed by atoms with Crippen molar-refractivity contribution in [3.8, 4) is 5.75 Å². The molecule has 0 saturated carbocycles. The van der Waals surface area contributed by atoms with Crippen molar-refractivity contribution in [1.82, 2.24) is 5.48 Å². The molecule has 0 aliphatic heterocycles. The van der Waals surface area contributed by atoms with Gasteiger partial charge in [0, 0.05) is 23.0 Å². The monoisotopic (exact) mass is 551 g/mol. The molecule has 41 heavy (non-hydrogen) atoms. The highest BCUT2D eigenvalue weighted by molar-refractivity contribution is 6.01. The summed E-state index contributed by atoms with van der Waals surface area (Å²) in [5.41, 5.74) is 5.28. The van der Waals surface area contributed by atoms with Gasteiger partial charge in [-0.25, -0.2) is 5.48 Å². The lowest BCUT2D eigenvalue weighted by atomic mass is 9.81. The Bertz CT molecular complexity index is 1370. The summed E-state index contributed by atoms with van der Waals surface area (Å²) in [5.74, 6) is 0.419. The SMILES string of the molecule is COc1ccc(CC(OCCONC(=O)c2ccc(C(=O)C(C)(C)C)cc2)(c2ccccc2)c2ccccc2)cc1. The average molecular weight is 552 g/mol. The number of rotatable bonds is 12. The van der Waals surface area contributed by atoms with Gasteiger partial charge in [0.1, 0.15) is 11.4 Å². The summed E-state index contributed by atoms with van der Waals surface area (Å²) >= 11 is 0. The number of hydrogen-bond acceptors (Lipinski definition) is 5. The molecule has 1 amide bonds. The zero-order chi connectivity index (χ0) is 29.3. The van der Waals surface area contributed by atoms with Gasteiger partial charge in [-0.05, 0) is 41.0 Å². The van der Waals surface area contributed by atoms with Crippen LogP contribution in [0.3, 0.4) is 0 Å². The van der Waals surface area contributed by atoms with Crippen LogP contribution in [0.5, 0.6) is 5.75 Å². The van der Waals surface area contributed by atoms with Crippen molar-refractivity contribution >= 4 is 11.7 Å². The van der Waals surface area contributed by atoms with Crippen molar-refractivity contribution in [2.24, 2.45) is 5.41 Å². The van der Waals surface area contributed by atoms with E-state index in [2.05, 4.69) is 29.7 Å². The molecule has 212 valence electrons. The van der Waals surface area contributed by atoms with Crippen molar-refractivity contribution in [3.63, 3.8) is 0 Å². The molecule has 4 aromatic rings. The first-order chi connectivity index (χ1) is 19.7. The van der Waals surface area contributed by atoms with E-state index >= 15 is 0 Å². The molecule has 0 spiro atoms. The van der Waals surface area contributed by atoms with Crippen molar-refractivity contribution < 1.29 is 23.9 Å². The molecule has 6 heteroatoms. The highest BCUT2D eigenvalue weighted by Gasteiger charge is 2.35. The van der Waals surface area contributed by atoms with Crippen LogP contribution in [-0.2, 0) is 21.6 Å². The van der Waals surface area contributed by atoms with Crippen LogP contribution >= 0.6 is 0 Å². The molecule has 0 bridgehead atoms. The molecule has 4 rings (SSSR count). The van der Waals surface area contributed by atoms with Crippen LogP contribution in [0.25, 0.3) is 0 Å². The van der Waals surface area contributed by atoms with Crippen LogP contribution in [0.4, 0.5) is 0 Å². The maximum absolute atomic E-state index is 12.6. The van der Waals surface area contributed by atoms with Crippen LogP contribution in [-0.4, -0.2) is 32.0 Å². The Hall–Kier alpha value is -4.26. The number of carbonyl (C=O) groups is 2. The largest absolute Gasteiger partial charge is 0.497 e. The van der Waals surface area contributed by atoms with Crippen LogP contribution < -0.4 is 10.2 Å². The molecule has 0 saturated heterocycles. The quantitative estimate of drug-likeness (QED) is 0.119. The van der Waals surface area contributed by atoms with Crippen molar-refractivity contribution in [2.45, 2.75) is 32.8 Å². The van der Waals surface area contributed by atoms with Gasteiger partial charge in [-0.1, -0.05) is 106 Å². The summed E-state index contributed by atoms with van der Waals surface area (Å²) in [7, 11) is 1.65. The minimum Gasteiger partial charge on any atom is -0.497 e. The summed E-state index contributed by atoms with van der Waals surface area (Å²) in [6.45, 7) is 5.96. The van der Waals surface area contributed by atoms with Gasteiger partial charge in [0.05, 0.1) is 20.3 Å². The number of amides is 1. The van der Waals surface area contributed by atoms with E-state index in [1.807, 2.05) is 81.4 Å². The number of methoxy groups -OCH3 is 1. The Kier molecular flexibility index (Phi) is 9.71. The molecule has 6 nitrogen and oxygen atoms in total. The number of Topliss-reactive ketones (excluding diaryl/α,β-unsaturated/α-hetero) is 1. The van der Waals surface area contributed by atoms with Crippen molar-refractivity contribution in [1.29, 1.82) is 0 Å². The lowest BCUT2D eigenvalue weighted by Crippen LogP contribution is -2.36. The van der Waals surface area contributed by atoms with E-state index in [1.165, 1.54) is 0 Å². The lowest BCUT2D eigenvalue weighted by Gasteiger charge is -2.35. The maximum Gasteiger partial charge on any atom is 0.274 e. The van der Waals surface area contributed by atoms with Crippen LogP contribution in [0, 0.1) is 5.41 Å². The normalized spacial score (nSPS) is 11.6. The fraction of sp³-hybridized carbons (Fsp3) is 0.257. The third-order valence-electron chi connectivity index (χ3n) is 6.88. The first-order valence-corrected chi connectivity index (χ1v) is 13.7. The summed E-state index contributed by atoms with van der Waals surface area (Å²) in [4.78, 5) is 30.6. The predicted molar refractivity (Wildman–Crippen MR) is 160 cm³/mol. The predicted octanol–water partition coefficient (Wildman–Crippen LogP) is 6.79. The van der Waals surface area contributed by atoms with Crippen LogP contribution in [0.2, 0.25) is 0 Å². The molecule has 0 unspecified atom stereocenters. The highest BCUT2D eigenvalue weighted by atomic mass is 16.7. The fourth-order valence-corrected chi connectivity index (χ4v) is 4.67. The summed E-state index contributed by atoms with van der Waals surface area (Å²) in [6.07, 6.45) is 0.580. The van der Waals surface area contributed by atoms with Gasteiger partial charge in [-0.15, -0.1) is 0 Å². The van der Waals surface area contributed by atoms with Crippen LogP contribution in [0.1, 0.15) is 58.2 Å². The second kappa shape index (κ2) is 13.4. The summed E-state index contributed by atoms with van der Waals surface area (Å²) < 4.78 is 12.0. The van der Waals surface area contributed by atoms with Crippen LogP contribution in [0.15, 0.2) is 109 Å². The van der Waals surface area contributed by atoms with Crippen molar-refractivity contribution in [2.75, 3.05) is 20.3 Å². The molecule has 0 aliphatic carbocycles. The van der Waals surface area contributed by atoms with Crippen molar-refractivity contribution in [3.05, 3.63) is 137 Å². The number of hydroxylamine groups is 1. The topological polar surface area (TPSA) is 73.9 Å². The number of carbonyl (C=O) groups excluding carboxylic acids is 2. The Morgan fingerprint density at radius 2 is 1.22 bits per heavy atom. The molecule has 4 aromatic carbocycles. The van der Waals surface area contributed by atoms with E-state index in [4.69, 9.17) is 14.3 Å². The standard InChI is InChI=1S/C35H37NO5/c1-34(2,3)32(37)27-17-19-28(20-18-27)33(38)36-41-24-23-40-35(29-11-7-5-8-12-29,30-13-9-6-10-14-30)25-26-15-21-31(39-4)22-16-26/h5-22H,23-25H2,1-4H3,(H,36,38). The van der Waals surface area contributed by atoms with Gasteiger partial charge >= 0.3 is 0 Å². The van der Waals surface area contributed by atoms with Gasteiger partial charge in [0.15, 0.2) is 5.78 Å². The van der Waals surface area contributed by atoms with E-state index in [0.717, 1.165) is 22.4 Å². The molecule has 0 atom stereocenters. The molecule has 0 fully saturated rings. The number of hydrogen-bond donors (Lipinski definition) is 1. The number of nitrogens with one attached hydrogen (secondary N) is 1. The molecule has 1 N–H and O–H groups in total. The minimum atomic E-state index is -0.792. The third kappa shape index (κ3) is 7.48. The number of benzene rings is 4. The molecular formula is C35H37NO5. The van der Waals surface area contributed by atoms with Gasteiger partial charge in [0.25, 0.3) is 5.91 Å². The van der Waals surface area contributed by atoms with Gasteiger partial charge in [0.2, 0.25) is 0 Å². The third-order valence-corrected chi connectivity index (χ3v) is 6.88. The summed E-state index contributed by atoms with van der Waals surface area (Å²) in [6, 6.07) is 34.8. The second-order valence-electron chi connectivity index (χ2n) is 10.9. The zero-order valence-corrected chi connectivity index (χ0v) is 24.1. The molecule has 0 heterocycles. The van der Waals surface area contributed by atoms with Gasteiger partial charge in [-0.3, -0.25) is 14.4 Å². The first-order valence-electron chi connectivity index (χ1n) is 13.7. The Balaban J connectivity index is 1.46. The van der Waals surface area contributed by atoms with E-state index < -0.39 is 16.9 Å². The number of ketones is 1. The Labute approximate surface area is 242 Å². The minimum absolute atomic E-state index is 0.0211. The van der Waals surface area contributed by atoms with E-state index in [1.54, 1.807) is 31.4 Å². The van der Waals surface area contributed by atoms with Gasteiger partial charge < -0.3 is 9.47 Å². The second-order valence-corrected chi connectivity index (χ2v) is 10.9. The summed E-state index contributed by atoms with van der Waals surface area (Å²) in [5, 5.41) is 0. The maximum atomic E-state index is 12.6. The van der Waals surface area contributed by atoms with Gasteiger partial charge in [-0.2, -0.15) is 0 Å². The molecule has 0 radical (unpaired) electrons. The van der Waals surface area contributed by atoms with E-state index in [9.17, 15) is 9.59 Å². The van der Waals surface area contributed by atoms with E-state index in [0.29, 0.717) is 17.5 Å². The Morgan fingerprint density at radius 1 is 0.683 bits per heavy atom. The molecule has 0 aliphatic rings. The number of ether oxygens (including phenoxy) is 2. The van der Waals surface area contributed by atoms with E-state index in [-0.39, 0.29) is 19.0 Å². The Morgan fingerprint density at radius 3 is 1.73 bits per heavy atom. The molecular weight excluding hydrogens is 514 g/mol. The zero-order valence-electron chi connectivity index (χ0n) is 24.1. The smallest absolute Gasteiger partial charge is 0.274 e. The fourth-order valence-electron chi connectivity index (χ4n) is 4.67. The lowest BCUT2D eigenvalue weighted by molar-refractivity contribution is -0.0609. The highest BCUT2D eigenvalue weighted by Crippen LogP contribution is 2.37. The average Bonchev–Trinajstić information content (AvgIpc) is 3.00.